The van der Waals surface area contributed by atoms with Crippen LogP contribution in [0.4, 0.5) is 11.4 Å². The maximum Gasteiger partial charge on any atom is 0.272 e. The molecule has 5 heteroatoms. The molecule has 17 heavy (non-hydrogen) atoms. The standard InChI is InChI=1S/C12H11N3O2/c16-13-15(17)14(11-7-3-1-4-8-11)12-9-5-2-6-10-12/h1-10,17H/p+1. The van der Waals surface area contributed by atoms with Gasteiger partial charge in [-0.15, -0.1) is 0 Å². The Bertz CT molecular complexity index is 460. The van der Waals surface area contributed by atoms with E-state index in [9.17, 15) is 5.21 Å². The number of rotatable bonds is 3. The van der Waals surface area contributed by atoms with Crippen LogP contribution in [-0.2, 0) is 0 Å². The lowest BCUT2D eigenvalue weighted by Crippen LogP contribution is -2.26. The number of para-hydroxylation sites is 2. The van der Waals surface area contributed by atoms with Crippen molar-refractivity contribution in [3.05, 3.63) is 60.7 Å². The van der Waals surface area contributed by atoms with Crippen LogP contribution in [0.15, 0.2) is 65.9 Å². The highest BCUT2D eigenvalue weighted by Crippen LogP contribution is 2.24. The predicted octanol–water partition coefficient (Wildman–Crippen LogP) is 2.98. The number of anilines is 2. The lowest BCUT2D eigenvalue weighted by molar-refractivity contribution is -0.838. The van der Waals surface area contributed by atoms with E-state index in [2.05, 4.69) is 5.28 Å². The van der Waals surface area contributed by atoms with Gasteiger partial charge in [-0.3, -0.25) is 0 Å². The van der Waals surface area contributed by atoms with Gasteiger partial charge >= 0.3 is 0 Å². The molecule has 0 heterocycles. The number of hydrogen-bond acceptors (Lipinski definition) is 1. The van der Waals surface area contributed by atoms with E-state index in [1.54, 1.807) is 24.3 Å². The molecule has 2 aromatic carbocycles. The van der Waals surface area contributed by atoms with Crippen LogP contribution in [0.3, 0.4) is 0 Å². The minimum absolute atomic E-state index is 0.380. The van der Waals surface area contributed by atoms with Crippen molar-refractivity contribution in [3.8, 4) is 0 Å². The Labute approximate surface area is 98.4 Å². The third-order valence-corrected chi connectivity index (χ3v) is 2.26. The van der Waals surface area contributed by atoms with Crippen LogP contribution in [0, 0.1) is 0 Å². The summed E-state index contributed by atoms with van der Waals surface area (Å²) >= 11 is 0. The molecule has 0 spiro atoms. The highest BCUT2D eigenvalue weighted by Gasteiger charge is 2.23. The Kier molecular flexibility index (Phi) is 3.20. The smallest absolute Gasteiger partial charge is 0.272 e. The van der Waals surface area contributed by atoms with Gasteiger partial charge in [-0.25, -0.2) is 5.21 Å². The average molecular weight is 230 g/mol. The summed E-state index contributed by atoms with van der Waals surface area (Å²) in [5.74, 6) is 0. The minimum Gasteiger partial charge on any atom is -0.357 e. The molecule has 0 saturated carbocycles. The van der Waals surface area contributed by atoms with E-state index in [-0.39, 0.29) is 0 Å². The van der Waals surface area contributed by atoms with Crippen molar-refractivity contribution < 1.29 is 15.4 Å². The molecule has 0 saturated heterocycles. The van der Waals surface area contributed by atoms with E-state index in [0.717, 1.165) is 0 Å². The van der Waals surface area contributed by atoms with Gasteiger partial charge < -0.3 is 5.21 Å². The van der Waals surface area contributed by atoms with Gasteiger partial charge in [0, 0.05) is 0 Å². The zero-order valence-electron chi connectivity index (χ0n) is 9.01. The molecular formula is C12H12N3O2+. The molecule has 0 fully saturated rings. The number of nitrogens with zero attached hydrogens (tertiary/aromatic N) is 3. The molecule has 2 aromatic rings. The Balaban J connectivity index is 2.47. The third-order valence-electron chi connectivity index (χ3n) is 2.26. The van der Waals surface area contributed by atoms with Crippen molar-refractivity contribution in [1.29, 1.82) is 0 Å². The first-order valence-corrected chi connectivity index (χ1v) is 5.07. The molecule has 2 N–H and O–H groups in total. The maximum atomic E-state index is 9.57. The molecule has 0 atom stereocenters. The largest absolute Gasteiger partial charge is 0.357 e. The first kappa shape index (κ1) is 10.9. The summed E-state index contributed by atoms with van der Waals surface area (Å²) < 4.78 is 0. The first-order chi connectivity index (χ1) is 8.33. The van der Waals surface area contributed by atoms with Crippen LogP contribution in [0.1, 0.15) is 0 Å². The van der Waals surface area contributed by atoms with Crippen molar-refractivity contribution in [2.75, 3.05) is 5.01 Å². The highest BCUT2D eigenvalue weighted by atomic mass is 16.6. The van der Waals surface area contributed by atoms with Crippen LogP contribution in [0.2, 0.25) is 0 Å². The minimum atomic E-state index is 0.380. The molecule has 2 rings (SSSR count). The van der Waals surface area contributed by atoms with Crippen LogP contribution >= 0.6 is 0 Å². The summed E-state index contributed by atoms with van der Waals surface area (Å²) in [7, 11) is 0. The molecule has 0 amide bonds. The van der Waals surface area contributed by atoms with Gasteiger partial charge in [0.05, 0.1) is 0 Å². The van der Waals surface area contributed by atoms with Gasteiger partial charge in [0.25, 0.3) is 10.2 Å². The Morgan fingerprint density at radius 3 is 1.59 bits per heavy atom. The van der Waals surface area contributed by atoms with Gasteiger partial charge in [0.1, 0.15) is 11.4 Å². The van der Waals surface area contributed by atoms with Crippen LogP contribution in [0.5, 0.6) is 0 Å². The number of benzene rings is 2. The van der Waals surface area contributed by atoms with Crippen molar-refractivity contribution >= 4 is 11.4 Å². The summed E-state index contributed by atoms with van der Waals surface area (Å²) in [4.78, 5) is 0.380. The zero-order chi connectivity index (χ0) is 12.1. The molecule has 86 valence electrons. The van der Waals surface area contributed by atoms with Gasteiger partial charge in [-0.2, -0.15) is 0 Å². The second-order valence-electron chi connectivity index (χ2n) is 3.34. The van der Waals surface area contributed by atoms with Crippen molar-refractivity contribution in [2.24, 2.45) is 5.28 Å². The Morgan fingerprint density at radius 2 is 1.24 bits per heavy atom. The molecule has 0 aliphatic rings. The van der Waals surface area contributed by atoms with Gasteiger partial charge in [-0.1, -0.05) is 36.4 Å². The van der Waals surface area contributed by atoms with Gasteiger partial charge in [0.2, 0.25) is 0 Å². The SMILES string of the molecule is ON=[N+](O)N(c1ccccc1)c1ccccc1. The highest BCUT2D eigenvalue weighted by molar-refractivity contribution is 5.59. The summed E-state index contributed by atoms with van der Waals surface area (Å²) in [5, 5.41) is 22.4. The molecule has 5 nitrogen and oxygen atoms in total. The quantitative estimate of drug-likeness (QED) is 0.484. The van der Waals surface area contributed by atoms with Gasteiger partial charge in [0.15, 0.2) is 0 Å². The Hall–Kier alpha value is -2.56. The molecular weight excluding hydrogens is 218 g/mol. The fraction of sp³-hybridized carbons (Fsp3) is 0. The summed E-state index contributed by atoms with van der Waals surface area (Å²) in [5.41, 5.74) is 1.36. The predicted molar refractivity (Wildman–Crippen MR) is 61.3 cm³/mol. The van der Waals surface area contributed by atoms with E-state index < -0.39 is 0 Å². The number of hydrazine groups is 1. The first-order valence-electron chi connectivity index (χ1n) is 5.07. The monoisotopic (exact) mass is 230 g/mol. The third kappa shape index (κ3) is 2.34. The normalized spacial score (nSPS) is 11.2. The van der Waals surface area contributed by atoms with Crippen LogP contribution in [0.25, 0.3) is 0 Å². The molecule has 0 aliphatic carbocycles. The average Bonchev–Trinajstić information content (AvgIpc) is 2.41. The van der Waals surface area contributed by atoms with Crippen molar-refractivity contribution in [3.63, 3.8) is 0 Å². The van der Waals surface area contributed by atoms with E-state index >= 15 is 0 Å². The summed E-state index contributed by atoms with van der Waals surface area (Å²) in [6.45, 7) is 0. The summed E-state index contributed by atoms with van der Waals surface area (Å²) in [6, 6.07) is 18.2. The van der Waals surface area contributed by atoms with E-state index in [1.807, 2.05) is 36.4 Å². The van der Waals surface area contributed by atoms with Crippen LogP contribution < -0.4 is 5.01 Å². The Morgan fingerprint density at radius 1 is 0.824 bits per heavy atom. The van der Waals surface area contributed by atoms with Crippen LogP contribution in [-0.4, -0.2) is 15.4 Å². The fourth-order valence-electron chi connectivity index (χ4n) is 1.53. The fourth-order valence-corrected chi connectivity index (χ4v) is 1.53. The van der Waals surface area contributed by atoms with E-state index in [1.165, 1.54) is 5.01 Å². The maximum absolute atomic E-state index is 9.57. The lowest BCUT2D eigenvalue weighted by atomic mass is 10.2. The number of hydrogen-bond donors (Lipinski definition) is 2. The van der Waals surface area contributed by atoms with E-state index in [0.29, 0.717) is 16.3 Å². The molecule has 0 aliphatic heterocycles. The molecule has 0 aromatic heterocycles. The van der Waals surface area contributed by atoms with E-state index in [4.69, 9.17) is 5.21 Å². The molecule has 0 unspecified atom stereocenters. The van der Waals surface area contributed by atoms with Gasteiger partial charge in [-0.05, 0) is 29.3 Å². The van der Waals surface area contributed by atoms with Crippen molar-refractivity contribution in [1.82, 2.24) is 0 Å². The second-order valence-corrected chi connectivity index (χ2v) is 3.34. The molecule has 0 bridgehead atoms. The molecule has 0 radical (unpaired) electrons. The summed E-state index contributed by atoms with van der Waals surface area (Å²) in [6.07, 6.45) is 0. The topological polar surface area (TPSA) is 59.1 Å². The zero-order valence-corrected chi connectivity index (χ0v) is 9.01. The lowest BCUT2D eigenvalue weighted by Gasteiger charge is -2.11. The van der Waals surface area contributed by atoms with Crippen molar-refractivity contribution in [2.45, 2.75) is 0 Å². The second kappa shape index (κ2) is 4.98.